The minimum absolute atomic E-state index is 0. The van der Waals surface area contributed by atoms with Crippen molar-refractivity contribution in [3.63, 3.8) is 0 Å². The molecule has 4 nitrogen and oxygen atoms in total. The Morgan fingerprint density at radius 2 is 2.31 bits per heavy atom. The number of hydrogen-bond donors (Lipinski definition) is 2. The van der Waals surface area contributed by atoms with Crippen LogP contribution in [0.4, 0.5) is 5.13 Å². The number of rotatable bonds is 4. The van der Waals surface area contributed by atoms with Crippen LogP contribution in [0.2, 0.25) is 0 Å². The van der Waals surface area contributed by atoms with Crippen LogP contribution in [0.1, 0.15) is 25.1 Å². The van der Waals surface area contributed by atoms with E-state index in [4.69, 9.17) is 5.73 Å². The Morgan fingerprint density at radius 1 is 1.69 bits per heavy atom. The zero-order valence-electron chi connectivity index (χ0n) is 9.69. The normalized spacial score (nSPS) is 13.8. The molecule has 0 aromatic carbocycles. The Labute approximate surface area is 106 Å². The summed E-state index contributed by atoms with van der Waals surface area (Å²) >= 11 is 1.45. The topological polar surface area (TPSA) is 68.0 Å². The third kappa shape index (κ3) is 4.08. The maximum absolute atomic E-state index is 11.7. The summed E-state index contributed by atoms with van der Waals surface area (Å²) in [5.74, 6) is 0.0322. The molecule has 1 heterocycles. The van der Waals surface area contributed by atoms with Crippen molar-refractivity contribution >= 4 is 34.8 Å². The quantitative estimate of drug-likeness (QED) is 0.875. The molecule has 0 saturated carbocycles. The summed E-state index contributed by atoms with van der Waals surface area (Å²) in [7, 11) is 0. The van der Waals surface area contributed by atoms with Crippen LogP contribution in [0.25, 0.3) is 0 Å². The van der Waals surface area contributed by atoms with E-state index in [1.54, 1.807) is 6.20 Å². The molecule has 0 aliphatic carbocycles. The largest absolute Gasteiger partial charge is 0.320 e. The summed E-state index contributed by atoms with van der Waals surface area (Å²) in [5, 5.41) is 3.34. The first-order valence-corrected chi connectivity index (χ1v) is 5.85. The molecule has 1 aromatic rings. The molecule has 6 heteroatoms. The lowest BCUT2D eigenvalue weighted by Crippen LogP contribution is -2.40. The number of anilines is 1. The van der Waals surface area contributed by atoms with E-state index >= 15 is 0 Å². The van der Waals surface area contributed by atoms with Crippen LogP contribution in [0, 0.1) is 12.8 Å². The van der Waals surface area contributed by atoms with Gasteiger partial charge < -0.3 is 11.1 Å². The molecule has 0 bridgehead atoms. The summed E-state index contributed by atoms with van der Waals surface area (Å²) in [6.07, 6.45) is 2.63. The van der Waals surface area contributed by atoms with Gasteiger partial charge in [-0.1, -0.05) is 20.3 Å². The number of aryl methyl sites for hydroxylation is 1. The van der Waals surface area contributed by atoms with Gasteiger partial charge in [0, 0.05) is 11.1 Å². The van der Waals surface area contributed by atoms with Gasteiger partial charge in [0.1, 0.15) is 0 Å². The van der Waals surface area contributed by atoms with Crippen LogP contribution in [0.15, 0.2) is 6.20 Å². The zero-order chi connectivity index (χ0) is 11.4. The number of carbonyl (C=O) groups is 1. The summed E-state index contributed by atoms with van der Waals surface area (Å²) in [4.78, 5) is 16.8. The van der Waals surface area contributed by atoms with Crippen LogP contribution in [-0.4, -0.2) is 16.9 Å². The average Bonchev–Trinajstić information content (AvgIpc) is 2.61. The maximum Gasteiger partial charge on any atom is 0.243 e. The first kappa shape index (κ1) is 15.3. The van der Waals surface area contributed by atoms with Crippen LogP contribution in [0.5, 0.6) is 0 Å². The van der Waals surface area contributed by atoms with Crippen molar-refractivity contribution in [1.82, 2.24) is 4.98 Å². The number of nitrogens with zero attached hydrogens (tertiary/aromatic N) is 1. The third-order valence-electron chi connectivity index (χ3n) is 2.41. The van der Waals surface area contributed by atoms with Gasteiger partial charge in [-0.3, -0.25) is 4.79 Å². The van der Waals surface area contributed by atoms with Gasteiger partial charge in [0.15, 0.2) is 5.13 Å². The van der Waals surface area contributed by atoms with E-state index in [1.165, 1.54) is 11.3 Å². The fourth-order valence-corrected chi connectivity index (χ4v) is 1.78. The van der Waals surface area contributed by atoms with Crippen molar-refractivity contribution in [3.8, 4) is 0 Å². The molecule has 1 rings (SSSR count). The van der Waals surface area contributed by atoms with Gasteiger partial charge >= 0.3 is 0 Å². The number of hydrogen-bond acceptors (Lipinski definition) is 4. The Balaban J connectivity index is 0.00000225. The average molecular weight is 264 g/mol. The SMILES string of the molecule is CCC(C)C(N)C(=O)Nc1ncc(C)s1.Cl. The molecule has 1 aromatic heterocycles. The number of nitrogens with one attached hydrogen (secondary N) is 1. The first-order valence-electron chi connectivity index (χ1n) is 5.03. The second-order valence-electron chi connectivity index (χ2n) is 3.68. The lowest BCUT2D eigenvalue weighted by atomic mass is 10.00. The minimum Gasteiger partial charge on any atom is -0.320 e. The molecule has 0 spiro atoms. The van der Waals surface area contributed by atoms with Gasteiger partial charge in [0.25, 0.3) is 0 Å². The Bertz CT molecular complexity index is 343. The van der Waals surface area contributed by atoms with Crippen molar-refractivity contribution in [3.05, 3.63) is 11.1 Å². The molecule has 0 radical (unpaired) electrons. The van der Waals surface area contributed by atoms with Crippen LogP contribution >= 0.6 is 23.7 Å². The molecule has 0 fully saturated rings. The van der Waals surface area contributed by atoms with E-state index in [-0.39, 0.29) is 24.2 Å². The first-order chi connectivity index (χ1) is 7.04. The Morgan fingerprint density at radius 3 is 2.75 bits per heavy atom. The van der Waals surface area contributed by atoms with Crippen molar-refractivity contribution in [1.29, 1.82) is 0 Å². The van der Waals surface area contributed by atoms with E-state index in [0.717, 1.165) is 11.3 Å². The van der Waals surface area contributed by atoms with Crippen molar-refractivity contribution in [2.24, 2.45) is 11.7 Å². The smallest absolute Gasteiger partial charge is 0.243 e. The number of thiazole rings is 1. The molecule has 2 unspecified atom stereocenters. The Hall–Kier alpha value is -0.650. The number of aromatic nitrogens is 1. The molecule has 3 N–H and O–H groups in total. The van der Waals surface area contributed by atoms with Crippen LogP contribution < -0.4 is 11.1 Å². The highest BCUT2D eigenvalue weighted by atomic mass is 35.5. The van der Waals surface area contributed by atoms with Gasteiger partial charge in [0.2, 0.25) is 5.91 Å². The number of halogens is 1. The molecule has 0 aliphatic rings. The third-order valence-corrected chi connectivity index (χ3v) is 3.24. The summed E-state index contributed by atoms with van der Waals surface area (Å²) in [6.45, 7) is 5.94. The second-order valence-corrected chi connectivity index (χ2v) is 4.91. The highest BCUT2D eigenvalue weighted by Crippen LogP contribution is 2.17. The predicted octanol–water partition coefficient (Wildman–Crippen LogP) is 2.19. The van der Waals surface area contributed by atoms with E-state index < -0.39 is 6.04 Å². The lowest BCUT2D eigenvalue weighted by molar-refractivity contribution is -0.118. The molecule has 2 atom stereocenters. The summed E-state index contributed by atoms with van der Waals surface area (Å²) in [5.41, 5.74) is 5.79. The molecule has 0 aliphatic heterocycles. The molecular formula is C10H18ClN3OS. The van der Waals surface area contributed by atoms with Gasteiger partial charge in [-0.15, -0.1) is 23.7 Å². The molecule has 16 heavy (non-hydrogen) atoms. The fourth-order valence-electron chi connectivity index (χ4n) is 1.11. The highest BCUT2D eigenvalue weighted by molar-refractivity contribution is 7.15. The van der Waals surface area contributed by atoms with Gasteiger partial charge in [-0.25, -0.2) is 4.98 Å². The van der Waals surface area contributed by atoms with E-state index in [1.807, 2.05) is 20.8 Å². The molecule has 1 amide bonds. The predicted molar refractivity (Wildman–Crippen MR) is 70.2 cm³/mol. The maximum atomic E-state index is 11.7. The standard InChI is InChI=1S/C10H17N3OS.ClH/c1-4-6(2)8(11)9(14)13-10-12-5-7(3)15-10;/h5-6,8H,4,11H2,1-3H3,(H,12,13,14);1H. The van der Waals surface area contributed by atoms with E-state index in [0.29, 0.717) is 5.13 Å². The van der Waals surface area contributed by atoms with Crippen molar-refractivity contribution < 1.29 is 4.79 Å². The van der Waals surface area contributed by atoms with Crippen LogP contribution in [-0.2, 0) is 4.79 Å². The molecular weight excluding hydrogens is 246 g/mol. The molecule has 92 valence electrons. The second kappa shape index (κ2) is 6.83. The molecule has 0 saturated heterocycles. The zero-order valence-corrected chi connectivity index (χ0v) is 11.3. The van der Waals surface area contributed by atoms with E-state index in [9.17, 15) is 4.79 Å². The van der Waals surface area contributed by atoms with Gasteiger partial charge in [-0.05, 0) is 12.8 Å². The number of amides is 1. The number of carbonyl (C=O) groups excluding carboxylic acids is 1. The van der Waals surface area contributed by atoms with E-state index in [2.05, 4.69) is 10.3 Å². The Kier molecular flexibility index (Phi) is 6.55. The van der Waals surface area contributed by atoms with Gasteiger partial charge in [-0.2, -0.15) is 0 Å². The van der Waals surface area contributed by atoms with Gasteiger partial charge in [0.05, 0.1) is 6.04 Å². The van der Waals surface area contributed by atoms with Crippen molar-refractivity contribution in [2.75, 3.05) is 5.32 Å². The lowest BCUT2D eigenvalue weighted by Gasteiger charge is -2.16. The monoisotopic (exact) mass is 263 g/mol. The summed E-state index contributed by atoms with van der Waals surface area (Å²) < 4.78 is 0. The van der Waals surface area contributed by atoms with Crippen molar-refractivity contribution in [2.45, 2.75) is 33.2 Å². The number of nitrogens with two attached hydrogens (primary N) is 1. The summed E-state index contributed by atoms with van der Waals surface area (Å²) in [6, 6.07) is -0.459. The highest BCUT2D eigenvalue weighted by Gasteiger charge is 2.19. The van der Waals surface area contributed by atoms with Crippen LogP contribution in [0.3, 0.4) is 0 Å². The fraction of sp³-hybridized carbons (Fsp3) is 0.600. The minimum atomic E-state index is -0.459.